The number of benzene rings is 2. The van der Waals surface area contributed by atoms with E-state index in [0.717, 1.165) is 0 Å². The molecule has 3 nitrogen and oxygen atoms in total. The standard InChI is InChI=1S/C15H14BrFO3/c1-19-9-6-7-10(13(8-9)20-2)15(18)11-4-3-5-12(17)14(11)16/h3-8,15,18H,1-2H3. The van der Waals surface area contributed by atoms with E-state index in [2.05, 4.69) is 15.9 Å². The Kier molecular flexibility index (Phi) is 4.62. The zero-order valence-corrected chi connectivity index (χ0v) is 12.6. The Labute approximate surface area is 125 Å². The van der Waals surface area contributed by atoms with Gasteiger partial charge in [-0.2, -0.15) is 0 Å². The Balaban J connectivity index is 2.47. The highest BCUT2D eigenvalue weighted by atomic mass is 79.9. The van der Waals surface area contributed by atoms with E-state index in [0.29, 0.717) is 22.6 Å². The first kappa shape index (κ1) is 14.8. The minimum absolute atomic E-state index is 0.241. The maximum atomic E-state index is 13.5. The summed E-state index contributed by atoms with van der Waals surface area (Å²) in [4.78, 5) is 0. The van der Waals surface area contributed by atoms with E-state index in [4.69, 9.17) is 9.47 Å². The van der Waals surface area contributed by atoms with Crippen LogP contribution in [0.2, 0.25) is 0 Å². The van der Waals surface area contributed by atoms with Crippen molar-refractivity contribution in [3.63, 3.8) is 0 Å². The van der Waals surface area contributed by atoms with Gasteiger partial charge in [0.15, 0.2) is 0 Å². The number of rotatable bonds is 4. The van der Waals surface area contributed by atoms with Gasteiger partial charge in [-0.3, -0.25) is 0 Å². The maximum absolute atomic E-state index is 13.5. The predicted molar refractivity (Wildman–Crippen MR) is 77.7 cm³/mol. The quantitative estimate of drug-likeness (QED) is 0.922. The molecule has 1 N–H and O–H groups in total. The molecule has 0 radical (unpaired) electrons. The van der Waals surface area contributed by atoms with Gasteiger partial charge in [-0.15, -0.1) is 0 Å². The van der Waals surface area contributed by atoms with Gasteiger partial charge in [-0.05, 0) is 34.1 Å². The molecule has 0 saturated carbocycles. The third-order valence-electron chi connectivity index (χ3n) is 3.01. The number of aliphatic hydroxyl groups is 1. The Bertz CT molecular complexity index is 616. The van der Waals surface area contributed by atoms with Crippen LogP contribution >= 0.6 is 15.9 Å². The molecule has 1 atom stereocenters. The lowest BCUT2D eigenvalue weighted by Gasteiger charge is -2.17. The van der Waals surface area contributed by atoms with Crippen LogP contribution in [-0.2, 0) is 0 Å². The summed E-state index contributed by atoms with van der Waals surface area (Å²) in [6.07, 6.45) is -0.999. The van der Waals surface area contributed by atoms with E-state index in [1.165, 1.54) is 13.2 Å². The van der Waals surface area contributed by atoms with Crippen LogP contribution < -0.4 is 9.47 Å². The molecule has 0 aliphatic heterocycles. The third-order valence-corrected chi connectivity index (χ3v) is 3.85. The van der Waals surface area contributed by atoms with Crippen LogP contribution in [0, 0.1) is 5.82 Å². The SMILES string of the molecule is COc1ccc(C(O)c2cccc(F)c2Br)c(OC)c1. The Morgan fingerprint density at radius 3 is 2.50 bits per heavy atom. The average Bonchev–Trinajstić information content (AvgIpc) is 2.48. The van der Waals surface area contributed by atoms with Crippen molar-refractivity contribution in [3.05, 3.63) is 57.8 Å². The summed E-state index contributed by atoms with van der Waals surface area (Å²) in [5.41, 5.74) is 0.980. The summed E-state index contributed by atoms with van der Waals surface area (Å²) < 4.78 is 24.1. The molecule has 0 spiro atoms. The van der Waals surface area contributed by atoms with Crippen molar-refractivity contribution in [1.82, 2.24) is 0 Å². The lowest BCUT2D eigenvalue weighted by Crippen LogP contribution is -2.04. The van der Waals surface area contributed by atoms with Crippen LogP contribution in [-0.4, -0.2) is 19.3 Å². The Morgan fingerprint density at radius 1 is 1.10 bits per heavy atom. The first-order valence-electron chi connectivity index (χ1n) is 5.92. The minimum Gasteiger partial charge on any atom is -0.497 e. The van der Waals surface area contributed by atoms with Gasteiger partial charge in [0.25, 0.3) is 0 Å². The molecule has 0 aliphatic carbocycles. The predicted octanol–water partition coefficient (Wildman–Crippen LogP) is 3.69. The summed E-state index contributed by atoms with van der Waals surface area (Å²) in [6, 6.07) is 9.61. The normalized spacial score (nSPS) is 12.1. The molecule has 1 unspecified atom stereocenters. The number of hydrogen-bond donors (Lipinski definition) is 1. The molecular formula is C15H14BrFO3. The van der Waals surface area contributed by atoms with Crippen molar-refractivity contribution in [2.45, 2.75) is 6.10 Å². The summed E-state index contributed by atoms with van der Waals surface area (Å²) in [7, 11) is 3.06. The van der Waals surface area contributed by atoms with E-state index in [1.54, 1.807) is 37.4 Å². The molecule has 0 bridgehead atoms. The number of hydrogen-bond acceptors (Lipinski definition) is 3. The second-order valence-electron chi connectivity index (χ2n) is 4.15. The van der Waals surface area contributed by atoms with Crippen LogP contribution in [0.1, 0.15) is 17.2 Å². The van der Waals surface area contributed by atoms with Crippen molar-refractivity contribution in [1.29, 1.82) is 0 Å². The number of aliphatic hydroxyl groups excluding tert-OH is 1. The summed E-state index contributed by atoms with van der Waals surface area (Å²) in [6.45, 7) is 0. The van der Waals surface area contributed by atoms with Crippen molar-refractivity contribution in [3.8, 4) is 11.5 Å². The largest absolute Gasteiger partial charge is 0.497 e. The molecule has 2 aromatic rings. The van der Waals surface area contributed by atoms with Crippen LogP contribution in [0.3, 0.4) is 0 Å². The topological polar surface area (TPSA) is 38.7 Å². The van der Waals surface area contributed by atoms with Gasteiger partial charge in [0.1, 0.15) is 23.4 Å². The van der Waals surface area contributed by atoms with Crippen LogP contribution in [0.25, 0.3) is 0 Å². The molecule has 2 aromatic carbocycles. The minimum atomic E-state index is -0.999. The smallest absolute Gasteiger partial charge is 0.137 e. The lowest BCUT2D eigenvalue weighted by molar-refractivity contribution is 0.213. The van der Waals surface area contributed by atoms with Crippen molar-refractivity contribution >= 4 is 15.9 Å². The van der Waals surface area contributed by atoms with Gasteiger partial charge in [-0.25, -0.2) is 4.39 Å². The van der Waals surface area contributed by atoms with E-state index >= 15 is 0 Å². The number of ether oxygens (including phenoxy) is 2. The molecule has 0 aromatic heterocycles. The highest BCUT2D eigenvalue weighted by molar-refractivity contribution is 9.10. The zero-order valence-electron chi connectivity index (χ0n) is 11.1. The molecule has 106 valence electrons. The van der Waals surface area contributed by atoms with Gasteiger partial charge in [-0.1, -0.05) is 12.1 Å². The van der Waals surface area contributed by atoms with Crippen LogP contribution in [0.15, 0.2) is 40.9 Å². The fourth-order valence-corrected chi connectivity index (χ4v) is 2.42. The lowest BCUT2D eigenvalue weighted by atomic mass is 10.0. The molecule has 0 saturated heterocycles. The maximum Gasteiger partial charge on any atom is 0.137 e. The second kappa shape index (κ2) is 6.24. The van der Waals surface area contributed by atoms with Crippen molar-refractivity contribution in [2.24, 2.45) is 0 Å². The summed E-state index contributed by atoms with van der Waals surface area (Å²) in [5.74, 6) is 0.679. The molecule has 0 amide bonds. The number of halogens is 2. The average molecular weight is 341 g/mol. The van der Waals surface area contributed by atoms with Gasteiger partial charge in [0.2, 0.25) is 0 Å². The van der Waals surface area contributed by atoms with E-state index in [1.807, 2.05) is 0 Å². The molecule has 0 aliphatic rings. The summed E-state index contributed by atoms with van der Waals surface area (Å²) in [5, 5.41) is 10.5. The van der Waals surface area contributed by atoms with Crippen molar-refractivity contribution in [2.75, 3.05) is 14.2 Å². The van der Waals surface area contributed by atoms with Gasteiger partial charge in [0.05, 0.1) is 18.7 Å². The van der Waals surface area contributed by atoms with Gasteiger partial charge < -0.3 is 14.6 Å². The first-order valence-corrected chi connectivity index (χ1v) is 6.71. The fraction of sp³-hybridized carbons (Fsp3) is 0.200. The van der Waals surface area contributed by atoms with Crippen LogP contribution in [0.5, 0.6) is 11.5 Å². The molecular weight excluding hydrogens is 327 g/mol. The van der Waals surface area contributed by atoms with E-state index < -0.39 is 11.9 Å². The zero-order chi connectivity index (χ0) is 14.7. The Morgan fingerprint density at radius 2 is 1.85 bits per heavy atom. The second-order valence-corrected chi connectivity index (χ2v) is 4.95. The van der Waals surface area contributed by atoms with Crippen LogP contribution in [0.4, 0.5) is 4.39 Å². The first-order chi connectivity index (χ1) is 9.58. The molecule has 0 fully saturated rings. The van der Waals surface area contributed by atoms with E-state index in [-0.39, 0.29) is 4.47 Å². The fourth-order valence-electron chi connectivity index (χ4n) is 1.94. The monoisotopic (exact) mass is 340 g/mol. The molecule has 20 heavy (non-hydrogen) atoms. The van der Waals surface area contributed by atoms with Gasteiger partial charge in [0, 0.05) is 17.2 Å². The number of methoxy groups -OCH3 is 2. The summed E-state index contributed by atoms with van der Waals surface area (Å²) >= 11 is 3.15. The van der Waals surface area contributed by atoms with Gasteiger partial charge >= 0.3 is 0 Å². The molecule has 2 rings (SSSR count). The van der Waals surface area contributed by atoms with E-state index in [9.17, 15) is 9.50 Å². The third kappa shape index (κ3) is 2.78. The Hall–Kier alpha value is -1.59. The molecule has 5 heteroatoms. The highest BCUT2D eigenvalue weighted by Gasteiger charge is 2.19. The highest BCUT2D eigenvalue weighted by Crippen LogP contribution is 2.36. The van der Waals surface area contributed by atoms with Crippen molar-refractivity contribution < 1.29 is 19.0 Å². The molecule has 0 heterocycles.